The molecule has 1 heterocycles. The highest BCUT2D eigenvalue weighted by Crippen LogP contribution is 2.26. The van der Waals surface area contributed by atoms with Crippen LogP contribution >= 0.6 is 0 Å². The van der Waals surface area contributed by atoms with E-state index in [1.54, 1.807) is 12.1 Å². The zero-order valence-corrected chi connectivity index (χ0v) is 11.6. The Balaban J connectivity index is 2.06. The largest absolute Gasteiger partial charge is 0.481 e. The van der Waals surface area contributed by atoms with Crippen molar-refractivity contribution in [2.75, 3.05) is 19.7 Å². The second-order valence-corrected chi connectivity index (χ2v) is 5.06. The molecule has 2 atom stereocenters. The predicted octanol–water partition coefficient (Wildman–Crippen LogP) is 2.45. The lowest BCUT2D eigenvalue weighted by atomic mass is 10.0. The average molecular weight is 281 g/mol. The van der Waals surface area contributed by atoms with Gasteiger partial charge in [-0.3, -0.25) is 9.69 Å². The van der Waals surface area contributed by atoms with Crippen molar-refractivity contribution >= 4 is 5.97 Å². The first-order valence-electron chi connectivity index (χ1n) is 6.93. The molecule has 0 aromatic heterocycles. The lowest BCUT2D eigenvalue weighted by Crippen LogP contribution is -2.44. The molecule has 2 unspecified atom stereocenters. The summed E-state index contributed by atoms with van der Waals surface area (Å²) in [5.74, 6) is -1.08. The fourth-order valence-electron chi connectivity index (χ4n) is 2.73. The van der Waals surface area contributed by atoms with Crippen molar-refractivity contribution < 1.29 is 19.0 Å². The highest BCUT2D eigenvalue weighted by atomic mass is 19.1. The minimum absolute atomic E-state index is 0.0242. The Bertz CT molecular complexity index is 449. The molecular weight excluding hydrogens is 261 g/mol. The van der Waals surface area contributed by atoms with Crippen LogP contribution in [0.25, 0.3) is 0 Å². The maximum absolute atomic E-state index is 13.0. The topological polar surface area (TPSA) is 49.8 Å². The van der Waals surface area contributed by atoms with Crippen LogP contribution in [-0.2, 0) is 9.53 Å². The summed E-state index contributed by atoms with van der Waals surface area (Å²) in [7, 11) is 0. The Morgan fingerprint density at radius 3 is 2.80 bits per heavy atom. The fraction of sp³-hybridized carbons (Fsp3) is 0.533. The fourth-order valence-corrected chi connectivity index (χ4v) is 2.73. The van der Waals surface area contributed by atoms with E-state index in [2.05, 4.69) is 11.8 Å². The number of nitrogens with zero attached hydrogens (tertiary/aromatic N) is 1. The van der Waals surface area contributed by atoms with Crippen molar-refractivity contribution in [1.29, 1.82) is 0 Å². The zero-order chi connectivity index (χ0) is 14.5. The monoisotopic (exact) mass is 281 g/mol. The van der Waals surface area contributed by atoms with Crippen LogP contribution < -0.4 is 0 Å². The summed E-state index contributed by atoms with van der Waals surface area (Å²) in [6.07, 6.45) is 0.651. The van der Waals surface area contributed by atoms with E-state index in [1.807, 2.05) is 0 Å². The van der Waals surface area contributed by atoms with Gasteiger partial charge in [0.1, 0.15) is 5.82 Å². The summed E-state index contributed by atoms with van der Waals surface area (Å²) >= 11 is 0. The summed E-state index contributed by atoms with van der Waals surface area (Å²) in [4.78, 5) is 13.0. The molecule has 20 heavy (non-hydrogen) atoms. The lowest BCUT2D eigenvalue weighted by molar-refractivity contribution is -0.142. The van der Waals surface area contributed by atoms with Crippen molar-refractivity contribution in [3.63, 3.8) is 0 Å². The Labute approximate surface area is 118 Å². The number of aliphatic carboxylic acids is 1. The summed E-state index contributed by atoms with van der Waals surface area (Å²) in [6.45, 7) is 3.99. The first-order valence-corrected chi connectivity index (χ1v) is 6.93. The Hall–Kier alpha value is -1.46. The van der Waals surface area contributed by atoms with Gasteiger partial charge in [0.2, 0.25) is 0 Å². The van der Waals surface area contributed by atoms with Crippen molar-refractivity contribution in [3.8, 4) is 0 Å². The van der Waals surface area contributed by atoms with Gasteiger partial charge in [-0.1, -0.05) is 19.1 Å². The van der Waals surface area contributed by atoms with Crippen LogP contribution in [0.1, 0.15) is 31.4 Å². The van der Waals surface area contributed by atoms with Crippen LogP contribution in [0.5, 0.6) is 0 Å². The van der Waals surface area contributed by atoms with E-state index in [1.165, 1.54) is 12.1 Å². The molecule has 0 bridgehead atoms. The van der Waals surface area contributed by atoms with Gasteiger partial charge in [-0.2, -0.15) is 0 Å². The molecule has 0 radical (unpaired) electrons. The number of carboxylic acid groups (broad SMARTS) is 1. The molecule has 1 aliphatic rings. The molecule has 1 saturated heterocycles. The first kappa shape index (κ1) is 14.9. The van der Waals surface area contributed by atoms with E-state index in [0.717, 1.165) is 18.5 Å². The van der Waals surface area contributed by atoms with Gasteiger partial charge in [0.05, 0.1) is 19.1 Å². The van der Waals surface area contributed by atoms with E-state index in [0.29, 0.717) is 13.2 Å². The SMILES string of the molecule is CCC(c1ccc(F)cc1)N1CCOC(CC(=O)O)C1. The van der Waals surface area contributed by atoms with Crippen LogP contribution in [0.3, 0.4) is 0 Å². The van der Waals surface area contributed by atoms with Crippen molar-refractivity contribution in [3.05, 3.63) is 35.6 Å². The number of carboxylic acids is 1. The molecule has 0 saturated carbocycles. The van der Waals surface area contributed by atoms with Crippen LogP contribution in [0.15, 0.2) is 24.3 Å². The van der Waals surface area contributed by atoms with Gasteiger partial charge in [0.15, 0.2) is 0 Å². The maximum Gasteiger partial charge on any atom is 0.306 e. The molecular formula is C15H20FNO3. The summed E-state index contributed by atoms with van der Waals surface area (Å²) in [5, 5.41) is 8.86. The van der Waals surface area contributed by atoms with Crippen molar-refractivity contribution in [2.24, 2.45) is 0 Å². The molecule has 110 valence electrons. The molecule has 0 aliphatic carbocycles. The van der Waals surface area contributed by atoms with Gasteiger partial charge in [0.25, 0.3) is 0 Å². The maximum atomic E-state index is 13.0. The molecule has 1 aromatic carbocycles. The van der Waals surface area contributed by atoms with Gasteiger partial charge < -0.3 is 9.84 Å². The van der Waals surface area contributed by atoms with Gasteiger partial charge in [-0.15, -0.1) is 0 Å². The normalized spacial score (nSPS) is 21.6. The quantitative estimate of drug-likeness (QED) is 0.900. The van der Waals surface area contributed by atoms with Crippen LogP contribution in [0.4, 0.5) is 4.39 Å². The Morgan fingerprint density at radius 1 is 1.50 bits per heavy atom. The highest BCUT2D eigenvalue weighted by molar-refractivity contribution is 5.67. The number of morpholine rings is 1. The number of benzene rings is 1. The van der Waals surface area contributed by atoms with E-state index in [9.17, 15) is 9.18 Å². The zero-order valence-electron chi connectivity index (χ0n) is 11.6. The molecule has 1 fully saturated rings. The van der Waals surface area contributed by atoms with E-state index in [-0.39, 0.29) is 24.4 Å². The van der Waals surface area contributed by atoms with Gasteiger partial charge in [0, 0.05) is 19.1 Å². The molecule has 1 N–H and O–H groups in total. The minimum Gasteiger partial charge on any atom is -0.481 e. The Kier molecular flexibility index (Phi) is 5.09. The van der Waals surface area contributed by atoms with Crippen LogP contribution in [0.2, 0.25) is 0 Å². The third-order valence-electron chi connectivity index (χ3n) is 3.65. The molecule has 2 rings (SSSR count). The summed E-state index contributed by atoms with van der Waals surface area (Å²) < 4.78 is 18.5. The highest BCUT2D eigenvalue weighted by Gasteiger charge is 2.27. The molecule has 0 spiro atoms. The number of ether oxygens (including phenoxy) is 1. The summed E-state index contributed by atoms with van der Waals surface area (Å²) in [5.41, 5.74) is 1.06. The predicted molar refractivity (Wildman–Crippen MR) is 73.0 cm³/mol. The van der Waals surface area contributed by atoms with Crippen LogP contribution in [-0.4, -0.2) is 41.8 Å². The number of halogens is 1. The van der Waals surface area contributed by atoms with E-state index in [4.69, 9.17) is 9.84 Å². The lowest BCUT2D eigenvalue weighted by Gasteiger charge is -2.37. The number of hydrogen-bond donors (Lipinski definition) is 1. The number of carbonyl (C=O) groups is 1. The van der Waals surface area contributed by atoms with Crippen LogP contribution in [0, 0.1) is 5.82 Å². The molecule has 5 heteroatoms. The molecule has 0 amide bonds. The number of hydrogen-bond acceptors (Lipinski definition) is 3. The minimum atomic E-state index is -0.841. The molecule has 4 nitrogen and oxygen atoms in total. The standard InChI is InChI=1S/C15H20FNO3/c1-2-14(11-3-5-12(16)6-4-11)17-7-8-20-13(10-17)9-15(18)19/h3-6,13-14H,2,7-10H2,1H3,(H,18,19). The van der Waals surface area contributed by atoms with Gasteiger partial charge in [-0.05, 0) is 24.1 Å². The molecule has 1 aromatic rings. The smallest absolute Gasteiger partial charge is 0.306 e. The second kappa shape index (κ2) is 6.81. The van der Waals surface area contributed by atoms with Crippen molar-refractivity contribution in [1.82, 2.24) is 4.90 Å². The van der Waals surface area contributed by atoms with E-state index >= 15 is 0 Å². The first-order chi connectivity index (χ1) is 9.60. The van der Waals surface area contributed by atoms with Gasteiger partial charge in [-0.25, -0.2) is 4.39 Å². The average Bonchev–Trinajstić information content (AvgIpc) is 2.41. The summed E-state index contributed by atoms with van der Waals surface area (Å²) in [6, 6.07) is 6.70. The van der Waals surface area contributed by atoms with Crippen molar-refractivity contribution in [2.45, 2.75) is 31.9 Å². The number of rotatable bonds is 5. The third-order valence-corrected chi connectivity index (χ3v) is 3.65. The third kappa shape index (κ3) is 3.77. The molecule has 1 aliphatic heterocycles. The van der Waals surface area contributed by atoms with E-state index < -0.39 is 5.97 Å². The van der Waals surface area contributed by atoms with Gasteiger partial charge >= 0.3 is 5.97 Å². The second-order valence-electron chi connectivity index (χ2n) is 5.06. The Morgan fingerprint density at radius 2 is 2.20 bits per heavy atom.